The SMILES string of the molecule is CN1Cc2c(C3=N[C@H](C(=O)O)CO3)ncn2-c2ccccc2C1=O. The predicted molar refractivity (Wildman–Crippen MR) is 83.3 cm³/mol. The van der Waals surface area contributed by atoms with Gasteiger partial charge in [0, 0.05) is 7.05 Å². The quantitative estimate of drug-likeness (QED) is 0.875. The maximum absolute atomic E-state index is 12.5. The van der Waals surface area contributed by atoms with Crippen molar-refractivity contribution in [1.82, 2.24) is 14.5 Å². The molecule has 8 heteroatoms. The Hall–Kier alpha value is -3.16. The zero-order valence-corrected chi connectivity index (χ0v) is 12.8. The zero-order chi connectivity index (χ0) is 16.8. The van der Waals surface area contributed by atoms with Crippen molar-refractivity contribution in [2.45, 2.75) is 12.6 Å². The summed E-state index contributed by atoms with van der Waals surface area (Å²) in [4.78, 5) is 33.6. The van der Waals surface area contributed by atoms with E-state index >= 15 is 0 Å². The summed E-state index contributed by atoms with van der Waals surface area (Å²) in [5, 5.41) is 9.05. The fourth-order valence-electron chi connectivity index (χ4n) is 2.91. The smallest absolute Gasteiger partial charge is 0.332 e. The predicted octanol–water partition coefficient (Wildman–Crippen LogP) is 0.688. The molecule has 0 unspecified atom stereocenters. The van der Waals surface area contributed by atoms with Crippen molar-refractivity contribution in [2.75, 3.05) is 13.7 Å². The van der Waals surface area contributed by atoms with E-state index in [9.17, 15) is 9.59 Å². The Morgan fingerprint density at radius 2 is 2.17 bits per heavy atom. The van der Waals surface area contributed by atoms with Crippen LogP contribution in [0.5, 0.6) is 0 Å². The Balaban J connectivity index is 1.85. The van der Waals surface area contributed by atoms with Crippen molar-refractivity contribution in [2.24, 2.45) is 4.99 Å². The van der Waals surface area contributed by atoms with Crippen molar-refractivity contribution < 1.29 is 19.4 Å². The zero-order valence-electron chi connectivity index (χ0n) is 12.8. The first kappa shape index (κ1) is 14.4. The molecule has 4 rings (SSSR count). The number of para-hydroxylation sites is 1. The molecule has 8 nitrogen and oxygen atoms in total. The van der Waals surface area contributed by atoms with Crippen LogP contribution in [-0.4, -0.2) is 57.0 Å². The first-order valence-electron chi connectivity index (χ1n) is 7.41. The highest BCUT2D eigenvalue weighted by molar-refractivity contribution is 6.00. The van der Waals surface area contributed by atoms with Crippen molar-refractivity contribution in [3.63, 3.8) is 0 Å². The highest BCUT2D eigenvalue weighted by Crippen LogP contribution is 2.26. The number of aliphatic carboxylic acids is 1. The number of benzene rings is 1. The van der Waals surface area contributed by atoms with Crippen LogP contribution in [0.15, 0.2) is 35.6 Å². The van der Waals surface area contributed by atoms with Gasteiger partial charge >= 0.3 is 5.97 Å². The van der Waals surface area contributed by atoms with Gasteiger partial charge in [-0.25, -0.2) is 14.8 Å². The summed E-state index contributed by atoms with van der Waals surface area (Å²) in [6.45, 7) is 0.311. The largest absolute Gasteiger partial charge is 0.480 e. The van der Waals surface area contributed by atoms with Gasteiger partial charge in [0.1, 0.15) is 18.6 Å². The number of nitrogens with zero attached hydrogens (tertiary/aromatic N) is 4. The summed E-state index contributed by atoms with van der Waals surface area (Å²) >= 11 is 0. The molecule has 0 fully saturated rings. The lowest BCUT2D eigenvalue weighted by molar-refractivity contribution is -0.138. The lowest BCUT2D eigenvalue weighted by Gasteiger charge is -2.14. The normalized spacial score (nSPS) is 19.2. The average molecular weight is 326 g/mol. The number of carbonyl (C=O) groups is 2. The number of aliphatic imine (C=N–C) groups is 1. The van der Waals surface area contributed by atoms with Gasteiger partial charge in [0.05, 0.1) is 23.5 Å². The maximum Gasteiger partial charge on any atom is 0.332 e. The van der Waals surface area contributed by atoms with E-state index in [2.05, 4.69) is 9.98 Å². The first-order chi connectivity index (χ1) is 11.6. The highest BCUT2D eigenvalue weighted by atomic mass is 16.5. The molecule has 0 saturated heterocycles. The molecule has 3 heterocycles. The van der Waals surface area contributed by atoms with Gasteiger partial charge in [0.15, 0.2) is 6.04 Å². The number of ether oxygens (including phenoxy) is 1. The summed E-state index contributed by atoms with van der Waals surface area (Å²) in [5.41, 5.74) is 2.52. The molecule has 0 bridgehead atoms. The van der Waals surface area contributed by atoms with E-state index < -0.39 is 12.0 Å². The number of carboxylic acids is 1. The molecule has 0 saturated carbocycles. The lowest BCUT2D eigenvalue weighted by Crippen LogP contribution is -2.25. The minimum atomic E-state index is -1.03. The van der Waals surface area contributed by atoms with Crippen LogP contribution in [0.4, 0.5) is 0 Å². The molecule has 0 radical (unpaired) electrons. The number of rotatable bonds is 2. The summed E-state index contributed by atoms with van der Waals surface area (Å²) in [7, 11) is 1.71. The van der Waals surface area contributed by atoms with Crippen LogP contribution >= 0.6 is 0 Å². The molecule has 1 aromatic carbocycles. The highest BCUT2D eigenvalue weighted by Gasteiger charge is 2.32. The Labute approximate surface area is 137 Å². The molecule has 2 aliphatic rings. The van der Waals surface area contributed by atoms with E-state index in [1.165, 1.54) is 0 Å². The molecule has 122 valence electrons. The van der Waals surface area contributed by atoms with Crippen LogP contribution < -0.4 is 0 Å². The Morgan fingerprint density at radius 1 is 1.38 bits per heavy atom. The van der Waals surface area contributed by atoms with Gasteiger partial charge in [-0.15, -0.1) is 0 Å². The number of carbonyl (C=O) groups excluding carboxylic acids is 1. The molecular weight excluding hydrogens is 312 g/mol. The average Bonchev–Trinajstić information content (AvgIpc) is 3.18. The van der Waals surface area contributed by atoms with Gasteiger partial charge < -0.3 is 14.7 Å². The molecule has 24 heavy (non-hydrogen) atoms. The first-order valence-corrected chi connectivity index (χ1v) is 7.41. The Morgan fingerprint density at radius 3 is 2.92 bits per heavy atom. The summed E-state index contributed by atoms with van der Waals surface area (Å²) in [5.74, 6) is -0.915. The maximum atomic E-state index is 12.5. The minimum Gasteiger partial charge on any atom is -0.480 e. The van der Waals surface area contributed by atoms with Crippen LogP contribution in [0.2, 0.25) is 0 Å². The number of imidazole rings is 1. The molecule has 2 aromatic rings. The van der Waals surface area contributed by atoms with Crippen molar-refractivity contribution >= 4 is 17.8 Å². The summed E-state index contributed by atoms with van der Waals surface area (Å²) in [6.07, 6.45) is 1.61. The number of aromatic nitrogens is 2. The monoisotopic (exact) mass is 326 g/mol. The summed E-state index contributed by atoms with van der Waals surface area (Å²) in [6, 6.07) is 6.36. The third-order valence-electron chi connectivity index (χ3n) is 4.13. The fourth-order valence-corrected chi connectivity index (χ4v) is 2.91. The van der Waals surface area contributed by atoms with Crippen molar-refractivity contribution in [3.05, 3.63) is 47.5 Å². The van der Waals surface area contributed by atoms with Crippen molar-refractivity contribution in [1.29, 1.82) is 0 Å². The van der Waals surface area contributed by atoms with Gasteiger partial charge in [-0.05, 0) is 12.1 Å². The van der Waals surface area contributed by atoms with E-state index in [4.69, 9.17) is 9.84 Å². The van der Waals surface area contributed by atoms with Gasteiger partial charge in [0.2, 0.25) is 5.90 Å². The lowest BCUT2D eigenvalue weighted by atomic mass is 10.1. The molecular formula is C16H14N4O4. The molecule has 0 spiro atoms. The fraction of sp³-hybridized carbons (Fsp3) is 0.250. The van der Waals surface area contributed by atoms with Gasteiger partial charge in [-0.1, -0.05) is 12.1 Å². The van der Waals surface area contributed by atoms with Gasteiger partial charge in [-0.2, -0.15) is 0 Å². The van der Waals surface area contributed by atoms with Crippen LogP contribution in [-0.2, 0) is 16.1 Å². The molecule has 1 amide bonds. The molecule has 1 N–H and O–H groups in total. The van der Waals surface area contributed by atoms with Crippen LogP contribution in [0, 0.1) is 0 Å². The molecule has 2 aliphatic heterocycles. The number of hydrogen-bond donors (Lipinski definition) is 1. The second-order valence-electron chi connectivity index (χ2n) is 5.69. The molecule has 0 aliphatic carbocycles. The van der Waals surface area contributed by atoms with E-state index in [0.717, 1.165) is 11.4 Å². The minimum absolute atomic E-state index is 0.0116. The van der Waals surface area contributed by atoms with Gasteiger partial charge in [-0.3, -0.25) is 9.36 Å². The van der Waals surface area contributed by atoms with E-state index in [1.54, 1.807) is 24.3 Å². The third kappa shape index (κ3) is 2.07. The Kier molecular flexibility index (Phi) is 3.12. The van der Waals surface area contributed by atoms with E-state index in [1.807, 2.05) is 22.8 Å². The second-order valence-corrected chi connectivity index (χ2v) is 5.69. The third-order valence-corrected chi connectivity index (χ3v) is 4.13. The van der Waals surface area contributed by atoms with E-state index in [-0.39, 0.29) is 18.4 Å². The number of carboxylic acid groups (broad SMARTS) is 1. The number of hydrogen-bond acceptors (Lipinski definition) is 5. The Bertz CT molecular complexity index is 886. The number of amides is 1. The topological polar surface area (TPSA) is 97.0 Å². The number of fused-ring (bicyclic) bond motifs is 3. The van der Waals surface area contributed by atoms with Crippen molar-refractivity contribution in [3.8, 4) is 5.69 Å². The van der Waals surface area contributed by atoms with Gasteiger partial charge in [0.25, 0.3) is 5.91 Å². The standard InChI is InChI=1S/C16H14N4O4/c1-19-6-12-13(14-18-10(7-24-14)16(22)23)17-8-20(12)11-5-3-2-4-9(11)15(19)21/h2-5,8,10H,6-7H2,1H3,(H,22,23)/t10-/m0/s1. The molecule has 1 aromatic heterocycles. The van der Waals surface area contributed by atoms with Crippen LogP contribution in [0.25, 0.3) is 5.69 Å². The van der Waals surface area contributed by atoms with E-state index in [0.29, 0.717) is 17.8 Å². The van der Waals surface area contributed by atoms with Crippen LogP contribution in [0.3, 0.4) is 0 Å². The second kappa shape index (κ2) is 5.19. The molecule has 1 atom stereocenters. The summed E-state index contributed by atoms with van der Waals surface area (Å²) < 4.78 is 7.24. The van der Waals surface area contributed by atoms with Crippen LogP contribution in [0.1, 0.15) is 21.7 Å².